The highest BCUT2D eigenvalue weighted by Gasteiger charge is 2.14. The number of halogens is 1. The van der Waals surface area contributed by atoms with Crippen LogP contribution in [0.1, 0.15) is 13.3 Å². The number of anilines is 1. The fourth-order valence-electron chi connectivity index (χ4n) is 1.85. The molecule has 7 heteroatoms. The molecule has 0 unspecified atom stereocenters. The van der Waals surface area contributed by atoms with Crippen molar-refractivity contribution in [2.45, 2.75) is 13.3 Å². The summed E-state index contributed by atoms with van der Waals surface area (Å²) >= 11 is 1.44. The van der Waals surface area contributed by atoms with Crippen LogP contribution in [0.15, 0.2) is 30.5 Å². The highest BCUT2D eigenvalue weighted by molar-refractivity contribution is 7.19. The minimum Gasteiger partial charge on any atom is -0.497 e. The molecule has 2 aromatic rings. The van der Waals surface area contributed by atoms with Gasteiger partial charge in [-0.1, -0.05) is 30.4 Å². The summed E-state index contributed by atoms with van der Waals surface area (Å²) in [5.41, 5.74) is 6.43. The van der Waals surface area contributed by atoms with Crippen molar-refractivity contribution in [1.29, 1.82) is 0 Å². The number of nitrogens with two attached hydrogens (primary N) is 1. The normalized spacial score (nSPS) is 11.4. The van der Waals surface area contributed by atoms with Gasteiger partial charge in [0.1, 0.15) is 15.8 Å². The van der Waals surface area contributed by atoms with E-state index in [0.717, 1.165) is 21.3 Å². The van der Waals surface area contributed by atoms with Gasteiger partial charge in [0.25, 0.3) is 0 Å². The molecule has 0 saturated carbocycles. The van der Waals surface area contributed by atoms with Gasteiger partial charge in [-0.05, 0) is 25.1 Å². The van der Waals surface area contributed by atoms with Gasteiger partial charge in [0.2, 0.25) is 5.91 Å². The molecular formula is C15H20ClN3O2S. The quantitative estimate of drug-likeness (QED) is 0.846. The van der Waals surface area contributed by atoms with Crippen LogP contribution in [0.5, 0.6) is 5.75 Å². The Kier molecular flexibility index (Phi) is 7.31. The van der Waals surface area contributed by atoms with Crippen molar-refractivity contribution in [3.8, 4) is 16.3 Å². The number of carbonyl (C=O) groups excluding carboxylic acids is 1. The number of amides is 1. The van der Waals surface area contributed by atoms with Crippen molar-refractivity contribution in [1.82, 2.24) is 4.98 Å². The number of nitrogens with zero attached hydrogens (tertiary/aromatic N) is 1. The molecule has 2 rings (SSSR count). The third-order valence-electron chi connectivity index (χ3n) is 3.12. The number of benzene rings is 1. The number of nitrogens with one attached hydrogen (secondary N) is 1. The fourth-order valence-corrected chi connectivity index (χ4v) is 2.66. The monoisotopic (exact) mass is 341 g/mol. The average Bonchev–Trinajstić information content (AvgIpc) is 2.96. The van der Waals surface area contributed by atoms with Gasteiger partial charge in [0.05, 0.1) is 13.3 Å². The number of ether oxygens (including phenoxy) is 1. The topological polar surface area (TPSA) is 77.2 Å². The lowest BCUT2D eigenvalue weighted by Gasteiger charge is -2.08. The van der Waals surface area contributed by atoms with Crippen molar-refractivity contribution in [3.05, 3.63) is 30.5 Å². The zero-order valence-electron chi connectivity index (χ0n) is 12.5. The van der Waals surface area contributed by atoms with Gasteiger partial charge in [-0.25, -0.2) is 4.98 Å². The fraction of sp³-hybridized carbons (Fsp3) is 0.333. The van der Waals surface area contributed by atoms with Crippen molar-refractivity contribution in [2.24, 2.45) is 11.7 Å². The minimum atomic E-state index is -0.0997. The van der Waals surface area contributed by atoms with Crippen LogP contribution in [0.25, 0.3) is 10.6 Å². The first-order valence-corrected chi connectivity index (χ1v) is 7.57. The number of hydrogen-bond donors (Lipinski definition) is 2. The molecule has 1 heterocycles. The van der Waals surface area contributed by atoms with Crippen LogP contribution < -0.4 is 15.8 Å². The van der Waals surface area contributed by atoms with Gasteiger partial charge in [-0.15, -0.1) is 12.4 Å². The van der Waals surface area contributed by atoms with Gasteiger partial charge in [-0.2, -0.15) is 0 Å². The van der Waals surface area contributed by atoms with E-state index in [4.69, 9.17) is 10.5 Å². The molecule has 0 spiro atoms. The molecular weight excluding hydrogens is 322 g/mol. The Hall–Kier alpha value is -1.63. The second-order valence-electron chi connectivity index (χ2n) is 4.73. The molecule has 1 aromatic carbocycles. The second-order valence-corrected chi connectivity index (χ2v) is 5.76. The van der Waals surface area contributed by atoms with Crippen LogP contribution in [0, 0.1) is 5.92 Å². The van der Waals surface area contributed by atoms with Crippen molar-refractivity contribution in [3.63, 3.8) is 0 Å². The van der Waals surface area contributed by atoms with Gasteiger partial charge in [0.15, 0.2) is 0 Å². The van der Waals surface area contributed by atoms with E-state index in [1.807, 2.05) is 31.2 Å². The molecule has 0 aliphatic heterocycles. The number of aromatic nitrogens is 1. The number of rotatable bonds is 6. The van der Waals surface area contributed by atoms with E-state index in [0.29, 0.717) is 13.0 Å². The van der Waals surface area contributed by atoms with E-state index in [2.05, 4.69) is 10.3 Å². The molecule has 1 amide bonds. The lowest BCUT2D eigenvalue weighted by Crippen LogP contribution is -2.22. The van der Waals surface area contributed by atoms with Crippen molar-refractivity contribution < 1.29 is 9.53 Å². The standard InChI is InChI=1S/C15H19N3O2S.ClH/c1-10(6-7-16)14(19)18-13-9-17-15(21-13)11-4-3-5-12(8-11)20-2;/h3-5,8-10H,6-7,16H2,1-2H3,(H,18,19);1H/t10-;/m1./s1. The van der Waals surface area contributed by atoms with Crippen molar-refractivity contribution in [2.75, 3.05) is 19.0 Å². The molecule has 5 nitrogen and oxygen atoms in total. The Morgan fingerprint density at radius 1 is 1.50 bits per heavy atom. The molecule has 22 heavy (non-hydrogen) atoms. The van der Waals surface area contributed by atoms with Gasteiger partial charge in [-0.3, -0.25) is 4.79 Å². The van der Waals surface area contributed by atoms with E-state index in [1.54, 1.807) is 13.3 Å². The first-order valence-electron chi connectivity index (χ1n) is 6.75. The van der Waals surface area contributed by atoms with Gasteiger partial charge < -0.3 is 15.8 Å². The zero-order valence-corrected chi connectivity index (χ0v) is 14.2. The second kappa shape index (κ2) is 8.73. The summed E-state index contributed by atoms with van der Waals surface area (Å²) < 4.78 is 5.20. The third kappa shape index (κ3) is 4.69. The molecule has 120 valence electrons. The SMILES string of the molecule is COc1cccc(-c2ncc(NC(=O)[C@H](C)CCN)s2)c1.Cl. The molecule has 0 fully saturated rings. The first kappa shape index (κ1) is 18.4. The van der Waals surface area contributed by atoms with E-state index in [1.165, 1.54) is 11.3 Å². The molecule has 0 radical (unpaired) electrons. The summed E-state index contributed by atoms with van der Waals surface area (Å²) in [5.74, 6) is 0.656. The van der Waals surface area contributed by atoms with E-state index in [9.17, 15) is 4.79 Å². The van der Waals surface area contributed by atoms with E-state index in [-0.39, 0.29) is 24.2 Å². The summed E-state index contributed by atoms with van der Waals surface area (Å²) in [5, 5.41) is 4.46. The maximum absolute atomic E-state index is 11.9. The van der Waals surface area contributed by atoms with Crippen LogP contribution in [-0.4, -0.2) is 24.5 Å². The highest BCUT2D eigenvalue weighted by Crippen LogP contribution is 2.30. The number of thiazole rings is 1. The largest absolute Gasteiger partial charge is 0.497 e. The first-order chi connectivity index (χ1) is 10.1. The number of carbonyl (C=O) groups is 1. The predicted octanol–water partition coefficient (Wildman–Crippen LogP) is 3.16. The van der Waals surface area contributed by atoms with E-state index < -0.39 is 0 Å². The Labute approximate surface area is 140 Å². The Morgan fingerprint density at radius 3 is 2.95 bits per heavy atom. The molecule has 0 aliphatic rings. The lowest BCUT2D eigenvalue weighted by molar-refractivity contribution is -0.119. The van der Waals surface area contributed by atoms with Crippen LogP contribution in [0.2, 0.25) is 0 Å². The smallest absolute Gasteiger partial charge is 0.227 e. The average molecular weight is 342 g/mol. The van der Waals surface area contributed by atoms with Crippen LogP contribution in [0.3, 0.4) is 0 Å². The zero-order chi connectivity index (χ0) is 15.2. The van der Waals surface area contributed by atoms with Crippen LogP contribution in [0.4, 0.5) is 5.00 Å². The molecule has 1 atom stereocenters. The lowest BCUT2D eigenvalue weighted by atomic mass is 10.1. The Balaban J connectivity index is 0.00000242. The molecule has 3 N–H and O–H groups in total. The Morgan fingerprint density at radius 2 is 2.27 bits per heavy atom. The minimum absolute atomic E-state index is 0. The van der Waals surface area contributed by atoms with Crippen molar-refractivity contribution >= 4 is 34.7 Å². The Bertz CT molecular complexity index is 618. The van der Waals surface area contributed by atoms with Crippen LogP contribution in [-0.2, 0) is 4.79 Å². The van der Waals surface area contributed by atoms with Gasteiger partial charge in [0, 0.05) is 11.5 Å². The summed E-state index contributed by atoms with van der Waals surface area (Å²) in [7, 11) is 1.63. The summed E-state index contributed by atoms with van der Waals surface area (Å²) in [6.07, 6.45) is 2.35. The summed E-state index contributed by atoms with van der Waals surface area (Å²) in [6, 6.07) is 7.68. The van der Waals surface area contributed by atoms with Gasteiger partial charge >= 0.3 is 0 Å². The third-order valence-corrected chi connectivity index (χ3v) is 4.08. The summed E-state index contributed by atoms with van der Waals surface area (Å²) in [6.45, 7) is 2.37. The maximum atomic E-state index is 11.9. The van der Waals surface area contributed by atoms with Crippen LogP contribution >= 0.6 is 23.7 Å². The highest BCUT2D eigenvalue weighted by atomic mass is 35.5. The van der Waals surface area contributed by atoms with E-state index >= 15 is 0 Å². The molecule has 0 aliphatic carbocycles. The predicted molar refractivity (Wildman–Crippen MR) is 92.8 cm³/mol. The molecule has 1 aromatic heterocycles. The summed E-state index contributed by atoms with van der Waals surface area (Å²) in [4.78, 5) is 16.3. The number of methoxy groups -OCH3 is 1. The maximum Gasteiger partial charge on any atom is 0.227 e. The molecule has 0 saturated heterocycles. The molecule has 0 bridgehead atoms. The number of hydrogen-bond acceptors (Lipinski definition) is 5.